The molecule has 0 bridgehead atoms. The lowest BCUT2D eigenvalue weighted by atomic mass is 9.92. The molecule has 0 spiro atoms. The summed E-state index contributed by atoms with van der Waals surface area (Å²) in [6, 6.07) is 0. The number of hydrogen-bond acceptors (Lipinski definition) is 3. The van der Waals surface area contributed by atoms with Crippen LogP contribution in [0.1, 0.15) is 27.2 Å². The fourth-order valence-electron chi connectivity index (χ4n) is 1.34. The fourth-order valence-corrected chi connectivity index (χ4v) is 1.34. The van der Waals surface area contributed by atoms with Crippen molar-refractivity contribution in [2.45, 2.75) is 27.2 Å². The van der Waals surface area contributed by atoms with E-state index in [2.05, 4.69) is 11.9 Å². The summed E-state index contributed by atoms with van der Waals surface area (Å²) < 4.78 is 0. The van der Waals surface area contributed by atoms with Crippen molar-refractivity contribution >= 4 is 11.4 Å². The summed E-state index contributed by atoms with van der Waals surface area (Å²) >= 11 is 0. The molecule has 0 radical (unpaired) electrons. The first-order valence-corrected chi connectivity index (χ1v) is 4.76. The molecule has 0 aliphatic carbocycles. The van der Waals surface area contributed by atoms with Gasteiger partial charge in [0.25, 0.3) is 0 Å². The Kier molecular flexibility index (Phi) is 3.23. The molecule has 0 aromatic rings. The molecule has 0 aromatic carbocycles. The Bertz CT molecular complexity index is 330. The molecule has 1 atom stereocenters. The first-order chi connectivity index (χ1) is 6.50. The van der Waals surface area contributed by atoms with Crippen molar-refractivity contribution in [3.63, 3.8) is 0 Å². The first kappa shape index (κ1) is 10.7. The maximum atomic E-state index is 7.78. The van der Waals surface area contributed by atoms with Crippen molar-refractivity contribution in [3.8, 4) is 0 Å². The van der Waals surface area contributed by atoms with Gasteiger partial charge in [0, 0.05) is 17.6 Å². The van der Waals surface area contributed by atoms with Crippen molar-refractivity contribution in [2.24, 2.45) is 16.6 Å². The minimum absolute atomic E-state index is 0.432. The van der Waals surface area contributed by atoms with Gasteiger partial charge in [-0.15, -0.1) is 0 Å². The van der Waals surface area contributed by atoms with E-state index in [1.807, 2.05) is 6.92 Å². The Hall–Kier alpha value is -1.38. The highest BCUT2D eigenvalue weighted by Gasteiger charge is 2.14. The van der Waals surface area contributed by atoms with Gasteiger partial charge in [0.2, 0.25) is 0 Å². The second kappa shape index (κ2) is 4.22. The lowest BCUT2D eigenvalue weighted by Crippen LogP contribution is -2.15. The molecule has 1 unspecified atom stereocenters. The van der Waals surface area contributed by atoms with Gasteiger partial charge in [0.05, 0.1) is 5.71 Å². The molecule has 0 aromatic heterocycles. The maximum Gasteiger partial charge on any atom is 0.0604 e. The van der Waals surface area contributed by atoms with E-state index < -0.39 is 0 Å². The molecule has 0 saturated carbocycles. The summed E-state index contributed by atoms with van der Waals surface area (Å²) in [7, 11) is 0. The smallest absolute Gasteiger partial charge is 0.0604 e. The second-order valence-corrected chi connectivity index (χ2v) is 3.83. The fraction of sp³-hybridized carbons (Fsp3) is 0.455. The van der Waals surface area contributed by atoms with Gasteiger partial charge in [-0.1, -0.05) is 6.92 Å². The van der Waals surface area contributed by atoms with Crippen LogP contribution in [0.2, 0.25) is 0 Å². The molecule has 0 amide bonds. The Morgan fingerprint density at radius 2 is 2.36 bits per heavy atom. The van der Waals surface area contributed by atoms with Crippen molar-refractivity contribution in [1.82, 2.24) is 0 Å². The van der Waals surface area contributed by atoms with Gasteiger partial charge in [0.1, 0.15) is 0 Å². The predicted octanol–water partition coefficient (Wildman–Crippen LogP) is 2.25. The van der Waals surface area contributed by atoms with Gasteiger partial charge in [-0.3, -0.25) is 4.99 Å². The van der Waals surface area contributed by atoms with Crippen LogP contribution in [-0.2, 0) is 0 Å². The third-order valence-corrected chi connectivity index (χ3v) is 2.38. The molecule has 1 heterocycles. The average Bonchev–Trinajstić information content (AvgIpc) is 2.08. The molecule has 76 valence electrons. The zero-order valence-electron chi connectivity index (χ0n) is 8.96. The monoisotopic (exact) mass is 191 g/mol. The van der Waals surface area contributed by atoms with Crippen LogP contribution in [0.5, 0.6) is 0 Å². The summed E-state index contributed by atoms with van der Waals surface area (Å²) in [5.41, 5.74) is 8.76. The number of rotatable bonds is 2. The number of nitrogens with zero attached hydrogens (tertiary/aromatic N) is 1. The Morgan fingerprint density at radius 3 is 2.86 bits per heavy atom. The number of nitrogens with two attached hydrogens (primary N) is 1. The molecule has 14 heavy (non-hydrogen) atoms. The molecular formula is C11H17N3. The normalized spacial score (nSPS) is 22.8. The summed E-state index contributed by atoms with van der Waals surface area (Å²) in [6.45, 7) is 5.93. The van der Waals surface area contributed by atoms with E-state index in [9.17, 15) is 0 Å². The molecule has 3 nitrogen and oxygen atoms in total. The highest BCUT2D eigenvalue weighted by Crippen LogP contribution is 2.19. The molecule has 1 aliphatic heterocycles. The second-order valence-electron chi connectivity index (χ2n) is 3.83. The largest absolute Gasteiger partial charge is 0.402 e. The van der Waals surface area contributed by atoms with E-state index in [0.29, 0.717) is 17.3 Å². The quantitative estimate of drug-likeness (QED) is 0.646. The minimum atomic E-state index is 0.432. The summed E-state index contributed by atoms with van der Waals surface area (Å²) in [4.78, 5) is 4.26. The van der Waals surface area contributed by atoms with Crippen molar-refractivity contribution < 1.29 is 0 Å². The van der Waals surface area contributed by atoms with Gasteiger partial charge in [-0.25, -0.2) is 0 Å². The van der Waals surface area contributed by atoms with Gasteiger partial charge in [0.15, 0.2) is 0 Å². The molecule has 3 heteroatoms. The molecular weight excluding hydrogens is 174 g/mol. The van der Waals surface area contributed by atoms with E-state index in [0.717, 1.165) is 17.7 Å². The van der Waals surface area contributed by atoms with Crippen LogP contribution in [0.15, 0.2) is 28.5 Å². The maximum absolute atomic E-state index is 7.78. The summed E-state index contributed by atoms with van der Waals surface area (Å²) in [6.07, 6.45) is 4.34. The van der Waals surface area contributed by atoms with Gasteiger partial charge in [-0.05, 0) is 37.8 Å². The van der Waals surface area contributed by atoms with Crippen molar-refractivity contribution in [2.75, 3.05) is 0 Å². The standard InChI is InChI=1S/C11H17N3/c1-7-4-10(6-14-9(7)3)11(13)5-8(2)12/h5-7,13H,4,12H2,1-3H3/b8-5+,13-11?. The lowest BCUT2D eigenvalue weighted by Gasteiger charge is -2.17. The van der Waals surface area contributed by atoms with Crippen molar-refractivity contribution in [3.05, 3.63) is 23.5 Å². The van der Waals surface area contributed by atoms with Crippen molar-refractivity contribution in [1.29, 1.82) is 5.41 Å². The highest BCUT2D eigenvalue weighted by atomic mass is 14.7. The Labute approximate surface area is 84.9 Å². The molecule has 3 N–H and O–H groups in total. The van der Waals surface area contributed by atoms with Crippen LogP contribution < -0.4 is 5.73 Å². The van der Waals surface area contributed by atoms with E-state index in [1.165, 1.54) is 0 Å². The molecule has 1 aliphatic rings. The highest BCUT2D eigenvalue weighted by molar-refractivity contribution is 6.07. The predicted molar refractivity (Wildman–Crippen MR) is 60.6 cm³/mol. The average molecular weight is 191 g/mol. The molecule has 0 saturated heterocycles. The Morgan fingerprint density at radius 1 is 1.71 bits per heavy atom. The van der Waals surface area contributed by atoms with Crippen LogP contribution >= 0.6 is 0 Å². The lowest BCUT2D eigenvalue weighted by molar-refractivity contribution is 0.757. The van der Waals surface area contributed by atoms with Crippen LogP contribution in [0, 0.1) is 11.3 Å². The summed E-state index contributed by atoms with van der Waals surface area (Å²) in [5.74, 6) is 0.432. The minimum Gasteiger partial charge on any atom is -0.402 e. The zero-order valence-corrected chi connectivity index (χ0v) is 8.96. The van der Waals surface area contributed by atoms with Crippen LogP contribution in [0.4, 0.5) is 0 Å². The molecule has 1 rings (SSSR count). The third kappa shape index (κ3) is 2.55. The van der Waals surface area contributed by atoms with Crippen LogP contribution in [0.25, 0.3) is 0 Å². The Balaban J connectivity index is 2.82. The topological polar surface area (TPSA) is 62.2 Å². The third-order valence-electron chi connectivity index (χ3n) is 2.38. The first-order valence-electron chi connectivity index (χ1n) is 4.76. The number of nitrogens with one attached hydrogen (secondary N) is 1. The van der Waals surface area contributed by atoms with Gasteiger partial charge >= 0.3 is 0 Å². The van der Waals surface area contributed by atoms with Gasteiger partial charge < -0.3 is 11.1 Å². The van der Waals surface area contributed by atoms with E-state index in [-0.39, 0.29) is 0 Å². The van der Waals surface area contributed by atoms with Crippen LogP contribution in [0.3, 0.4) is 0 Å². The SMILES string of the molecule is CC1=NC=C(C(=N)/C=C(\C)N)CC1C. The van der Waals surface area contributed by atoms with E-state index in [1.54, 1.807) is 19.2 Å². The van der Waals surface area contributed by atoms with Gasteiger partial charge in [-0.2, -0.15) is 0 Å². The van der Waals surface area contributed by atoms with E-state index in [4.69, 9.17) is 11.1 Å². The number of hydrogen-bond donors (Lipinski definition) is 2. The number of allylic oxidation sites excluding steroid dienone is 3. The van der Waals surface area contributed by atoms with E-state index >= 15 is 0 Å². The summed E-state index contributed by atoms with van der Waals surface area (Å²) in [5, 5.41) is 7.78. The molecule has 0 fully saturated rings. The zero-order chi connectivity index (χ0) is 10.7. The number of aliphatic imine (C=N–C) groups is 1. The van der Waals surface area contributed by atoms with Crippen LogP contribution in [-0.4, -0.2) is 11.4 Å².